The first kappa shape index (κ1) is 13.7. The standard InChI is InChI=1S/C15H17NO2S/c1-4-12-14(15(17)18)19-13(16-12)8-11-6-9(2)5-10(3)7-11/h5-7H,4,8H2,1-3H3,(H,17,18). The van der Waals surface area contributed by atoms with Crippen molar-refractivity contribution in [2.24, 2.45) is 0 Å². The maximum absolute atomic E-state index is 11.1. The smallest absolute Gasteiger partial charge is 0.347 e. The SMILES string of the molecule is CCc1nc(Cc2cc(C)cc(C)c2)sc1C(=O)O. The van der Waals surface area contributed by atoms with Gasteiger partial charge in [0.25, 0.3) is 0 Å². The van der Waals surface area contributed by atoms with Gasteiger partial charge in [0.15, 0.2) is 0 Å². The van der Waals surface area contributed by atoms with Crippen molar-refractivity contribution in [1.29, 1.82) is 0 Å². The molecule has 3 nitrogen and oxygen atoms in total. The van der Waals surface area contributed by atoms with Crippen molar-refractivity contribution in [3.8, 4) is 0 Å². The Labute approximate surface area is 116 Å². The van der Waals surface area contributed by atoms with Gasteiger partial charge in [-0.3, -0.25) is 0 Å². The monoisotopic (exact) mass is 275 g/mol. The Bertz CT molecular complexity index is 596. The highest BCUT2D eigenvalue weighted by molar-refractivity contribution is 7.13. The summed E-state index contributed by atoms with van der Waals surface area (Å²) >= 11 is 1.29. The molecule has 0 spiro atoms. The molecular formula is C15H17NO2S. The molecule has 0 aliphatic rings. The Balaban J connectivity index is 2.30. The number of thiazole rings is 1. The molecule has 0 aliphatic carbocycles. The quantitative estimate of drug-likeness (QED) is 0.927. The minimum Gasteiger partial charge on any atom is -0.477 e. The molecule has 100 valence electrons. The van der Waals surface area contributed by atoms with Crippen LogP contribution in [0.2, 0.25) is 0 Å². The third-order valence-corrected chi connectivity index (χ3v) is 3.99. The van der Waals surface area contributed by atoms with E-state index in [1.165, 1.54) is 28.0 Å². The molecule has 0 bridgehead atoms. The molecule has 19 heavy (non-hydrogen) atoms. The lowest BCUT2D eigenvalue weighted by atomic mass is 10.1. The van der Waals surface area contributed by atoms with Crippen LogP contribution in [0.5, 0.6) is 0 Å². The van der Waals surface area contributed by atoms with Gasteiger partial charge in [-0.2, -0.15) is 0 Å². The molecule has 0 saturated heterocycles. The summed E-state index contributed by atoms with van der Waals surface area (Å²) in [5, 5.41) is 10.0. The number of hydrogen-bond acceptors (Lipinski definition) is 3. The van der Waals surface area contributed by atoms with Crippen molar-refractivity contribution in [3.63, 3.8) is 0 Å². The average Bonchev–Trinajstić information content (AvgIpc) is 2.70. The zero-order chi connectivity index (χ0) is 14.0. The second kappa shape index (κ2) is 5.53. The Hall–Kier alpha value is -1.68. The lowest BCUT2D eigenvalue weighted by Gasteiger charge is -2.02. The van der Waals surface area contributed by atoms with Gasteiger partial charge < -0.3 is 5.11 Å². The normalized spacial score (nSPS) is 10.7. The van der Waals surface area contributed by atoms with Crippen LogP contribution in [0.25, 0.3) is 0 Å². The lowest BCUT2D eigenvalue weighted by molar-refractivity contribution is 0.0701. The van der Waals surface area contributed by atoms with Gasteiger partial charge in [0.2, 0.25) is 0 Å². The lowest BCUT2D eigenvalue weighted by Crippen LogP contribution is -1.97. The van der Waals surface area contributed by atoms with Crippen LogP contribution in [0.4, 0.5) is 0 Å². The van der Waals surface area contributed by atoms with Crippen LogP contribution < -0.4 is 0 Å². The topological polar surface area (TPSA) is 50.2 Å². The van der Waals surface area contributed by atoms with Gasteiger partial charge in [-0.05, 0) is 25.8 Å². The zero-order valence-electron chi connectivity index (χ0n) is 11.4. The number of hydrogen-bond donors (Lipinski definition) is 1. The molecule has 0 amide bonds. The van der Waals surface area contributed by atoms with Gasteiger partial charge in [-0.25, -0.2) is 9.78 Å². The summed E-state index contributed by atoms with van der Waals surface area (Å²) in [7, 11) is 0. The molecule has 0 fully saturated rings. The summed E-state index contributed by atoms with van der Waals surface area (Å²) in [6, 6.07) is 6.38. The maximum atomic E-state index is 11.1. The van der Waals surface area contributed by atoms with Crippen LogP contribution in [0, 0.1) is 13.8 Å². The molecule has 0 radical (unpaired) electrons. The molecule has 1 N–H and O–H groups in total. The number of aromatic carboxylic acids is 1. The van der Waals surface area contributed by atoms with Crippen LogP contribution in [0.1, 0.15) is 44.0 Å². The van der Waals surface area contributed by atoms with Crippen molar-refractivity contribution in [2.75, 3.05) is 0 Å². The van der Waals surface area contributed by atoms with Crippen molar-refractivity contribution < 1.29 is 9.90 Å². The third-order valence-electron chi connectivity index (χ3n) is 2.91. The molecule has 0 unspecified atom stereocenters. The van der Waals surface area contributed by atoms with Crippen LogP contribution in [0.15, 0.2) is 18.2 Å². The highest BCUT2D eigenvalue weighted by atomic mass is 32.1. The third kappa shape index (κ3) is 3.20. The van der Waals surface area contributed by atoms with E-state index in [0.717, 1.165) is 5.01 Å². The van der Waals surface area contributed by atoms with Crippen molar-refractivity contribution in [1.82, 2.24) is 4.98 Å². The Morgan fingerprint density at radius 3 is 2.37 bits per heavy atom. The van der Waals surface area contributed by atoms with Gasteiger partial charge in [-0.15, -0.1) is 11.3 Å². The molecule has 0 atom stereocenters. The number of rotatable bonds is 4. The fraction of sp³-hybridized carbons (Fsp3) is 0.333. The van der Waals surface area contributed by atoms with Gasteiger partial charge in [-0.1, -0.05) is 36.2 Å². The number of aryl methyl sites for hydroxylation is 3. The Morgan fingerprint density at radius 1 is 1.26 bits per heavy atom. The first-order valence-electron chi connectivity index (χ1n) is 6.28. The van der Waals surface area contributed by atoms with Crippen LogP contribution in [-0.4, -0.2) is 16.1 Å². The molecule has 0 saturated carbocycles. The highest BCUT2D eigenvalue weighted by Crippen LogP contribution is 2.22. The molecule has 2 aromatic rings. The van der Waals surface area contributed by atoms with Crippen LogP contribution >= 0.6 is 11.3 Å². The van der Waals surface area contributed by atoms with E-state index in [-0.39, 0.29) is 0 Å². The van der Waals surface area contributed by atoms with Crippen molar-refractivity contribution in [3.05, 3.63) is 50.5 Å². The van der Waals surface area contributed by atoms with Crippen LogP contribution in [-0.2, 0) is 12.8 Å². The molecule has 1 aromatic carbocycles. The van der Waals surface area contributed by atoms with Gasteiger partial charge in [0.1, 0.15) is 4.88 Å². The number of nitrogens with zero attached hydrogens (tertiary/aromatic N) is 1. The maximum Gasteiger partial charge on any atom is 0.347 e. The summed E-state index contributed by atoms with van der Waals surface area (Å²) in [6.45, 7) is 6.07. The predicted octanol–water partition coefficient (Wildman–Crippen LogP) is 3.61. The Kier molecular flexibility index (Phi) is 4.00. The van der Waals surface area contributed by atoms with E-state index in [1.807, 2.05) is 6.92 Å². The Morgan fingerprint density at radius 2 is 1.89 bits per heavy atom. The summed E-state index contributed by atoms with van der Waals surface area (Å²) in [5.41, 5.74) is 4.32. The molecule has 1 heterocycles. The second-order valence-corrected chi connectivity index (χ2v) is 5.80. The summed E-state index contributed by atoms with van der Waals surface area (Å²) in [6.07, 6.45) is 1.36. The highest BCUT2D eigenvalue weighted by Gasteiger charge is 2.16. The van der Waals surface area contributed by atoms with E-state index >= 15 is 0 Å². The van der Waals surface area contributed by atoms with Gasteiger partial charge in [0.05, 0.1) is 10.7 Å². The van der Waals surface area contributed by atoms with E-state index in [2.05, 4.69) is 37.0 Å². The molecule has 4 heteroatoms. The summed E-state index contributed by atoms with van der Waals surface area (Å²) in [5.74, 6) is -0.874. The number of carbonyl (C=O) groups is 1. The first-order chi connectivity index (χ1) is 8.99. The van der Waals surface area contributed by atoms with Crippen molar-refractivity contribution >= 4 is 17.3 Å². The molecular weight excluding hydrogens is 258 g/mol. The molecule has 1 aromatic heterocycles. The minimum atomic E-state index is -0.874. The van der Waals surface area contributed by atoms with E-state index in [1.54, 1.807) is 0 Å². The minimum absolute atomic E-state index is 0.377. The van der Waals surface area contributed by atoms with Gasteiger partial charge >= 0.3 is 5.97 Å². The van der Waals surface area contributed by atoms with E-state index in [9.17, 15) is 4.79 Å². The largest absolute Gasteiger partial charge is 0.477 e. The summed E-state index contributed by atoms with van der Waals surface area (Å²) in [4.78, 5) is 15.9. The number of benzene rings is 1. The van der Waals surface area contributed by atoms with Crippen LogP contribution in [0.3, 0.4) is 0 Å². The second-order valence-electron chi connectivity index (χ2n) is 4.71. The zero-order valence-corrected chi connectivity index (χ0v) is 12.2. The van der Waals surface area contributed by atoms with Crippen molar-refractivity contribution in [2.45, 2.75) is 33.6 Å². The van der Waals surface area contributed by atoms with Gasteiger partial charge in [0, 0.05) is 6.42 Å². The first-order valence-corrected chi connectivity index (χ1v) is 7.10. The molecule has 0 aliphatic heterocycles. The molecule has 2 rings (SSSR count). The predicted molar refractivity (Wildman–Crippen MR) is 77.2 cm³/mol. The summed E-state index contributed by atoms with van der Waals surface area (Å²) < 4.78 is 0. The average molecular weight is 275 g/mol. The van der Waals surface area contributed by atoms with E-state index in [4.69, 9.17) is 5.11 Å². The number of carboxylic acid groups (broad SMARTS) is 1. The van der Waals surface area contributed by atoms with E-state index in [0.29, 0.717) is 23.4 Å². The number of aromatic nitrogens is 1. The fourth-order valence-corrected chi connectivity index (χ4v) is 3.25. The number of carboxylic acids is 1. The fourth-order valence-electron chi connectivity index (χ4n) is 2.23. The van der Waals surface area contributed by atoms with E-state index < -0.39 is 5.97 Å².